The molecule has 1 aliphatic rings. The van der Waals surface area contributed by atoms with Crippen LogP contribution >= 0.6 is 0 Å². The smallest absolute Gasteiger partial charge is 0.272 e. The summed E-state index contributed by atoms with van der Waals surface area (Å²) in [6.07, 6.45) is 3.21. The standard InChI is InChI=1S/C19H18FN3O2/c20-14-8-6-12(7-9-14)16(24)11-21-19(25)17-15-3-1-2-10-23(15)18(22-17)13-4-5-13/h1-3,6-10,13,16,24H,4-5,11H2,(H,21,25). The van der Waals surface area contributed by atoms with Crippen molar-refractivity contribution in [3.05, 3.63) is 71.6 Å². The molecule has 2 N–H and O–H groups in total. The predicted octanol–water partition coefficient (Wildman–Crippen LogP) is 2.81. The Morgan fingerprint density at radius 3 is 2.76 bits per heavy atom. The molecule has 1 fully saturated rings. The Morgan fingerprint density at radius 1 is 1.28 bits per heavy atom. The van der Waals surface area contributed by atoms with Gasteiger partial charge in [-0.15, -0.1) is 0 Å². The minimum absolute atomic E-state index is 0.0368. The molecule has 2 heterocycles. The number of aromatic nitrogens is 2. The van der Waals surface area contributed by atoms with Gasteiger partial charge in [-0.05, 0) is 42.7 Å². The highest BCUT2D eigenvalue weighted by Gasteiger charge is 2.30. The summed E-state index contributed by atoms with van der Waals surface area (Å²) in [5.41, 5.74) is 1.68. The van der Waals surface area contributed by atoms with E-state index < -0.39 is 6.10 Å². The molecule has 6 heteroatoms. The summed E-state index contributed by atoms with van der Waals surface area (Å²) in [5, 5.41) is 12.9. The van der Waals surface area contributed by atoms with E-state index in [-0.39, 0.29) is 18.3 Å². The zero-order valence-corrected chi connectivity index (χ0v) is 13.5. The molecule has 1 atom stereocenters. The Balaban J connectivity index is 1.51. The molecule has 4 rings (SSSR count). The predicted molar refractivity (Wildman–Crippen MR) is 90.9 cm³/mol. The van der Waals surface area contributed by atoms with E-state index in [9.17, 15) is 14.3 Å². The number of aliphatic hydroxyl groups is 1. The van der Waals surface area contributed by atoms with Gasteiger partial charge >= 0.3 is 0 Å². The molecule has 1 saturated carbocycles. The van der Waals surface area contributed by atoms with E-state index in [0.717, 1.165) is 24.2 Å². The molecule has 25 heavy (non-hydrogen) atoms. The second-order valence-corrected chi connectivity index (χ2v) is 6.33. The summed E-state index contributed by atoms with van der Waals surface area (Å²) in [4.78, 5) is 17.1. The summed E-state index contributed by atoms with van der Waals surface area (Å²) in [7, 11) is 0. The number of pyridine rings is 1. The van der Waals surface area contributed by atoms with Crippen molar-refractivity contribution >= 4 is 11.4 Å². The molecule has 0 aliphatic heterocycles. The first-order valence-electron chi connectivity index (χ1n) is 8.32. The average Bonchev–Trinajstić information content (AvgIpc) is 3.40. The molecule has 0 saturated heterocycles. The van der Waals surface area contributed by atoms with Gasteiger partial charge in [0, 0.05) is 18.7 Å². The molecule has 0 spiro atoms. The number of nitrogens with one attached hydrogen (secondary N) is 1. The van der Waals surface area contributed by atoms with Crippen LogP contribution < -0.4 is 5.32 Å². The van der Waals surface area contributed by atoms with E-state index in [2.05, 4.69) is 10.3 Å². The lowest BCUT2D eigenvalue weighted by molar-refractivity contribution is 0.0913. The Kier molecular flexibility index (Phi) is 3.97. The number of nitrogens with zero attached hydrogens (tertiary/aromatic N) is 2. The highest BCUT2D eigenvalue weighted by Crippen LogP contribution is 2.39. The molecule has 2 aromatic heterocycles. The number of amides is 1. The normalized spacial score (nSPS) is 15.3. The monoisotopic (exact) mass is 339 g/mol. The number of hydrogen-bond donors (Lipinski definition) is 2. The van der Waals surface area contributed by atoms with E-state index in [1.807, 2.05) is 28.8 Å². The Bertz CT molecular complexity index is 916. The van der Waals surface area contributed by atoms with Gasteiger partial charge < -0.3 is 14.8 Å². The molecule has 0 radical (unpaired) electrons. The fourth-order valence-corrected chi connectivity index (χ4v) is 2.93. The third-order valence-corrected chi connectivity index (χ3v) is 4.44. The van der Waals surface area contributed by atoms with Gasteiger partial charge in [0.1, 0.15) is 11.6 Å². The van der Waals surface area contributed by atoms with Crippen LogP contribution in [0.1, 0.15) is 46.7 Å². The fourth-order valence-electron chi connectivity index (χ4n) is 2.93. The fraction of sp³-hybridized carbons (Fsp3) is 0.263. The minimum atomic E-state index is -0.902. The first kappa shape index (κ1) is 15.8. The molecule has 5 nitrogen and oxygen atoms in total. The van der Waals surface area contributed by atoms with Gasteiger partial charge in [-0.2, -0.15) is 0 Å². The van der Waals surface area contributed by atoms with Crippen LogP contribution in [0.2, 0.25) is 0 Å². The second kappa shape index (κ2) is 6.29. The van der Waals surface area contributed by atoms with Crippen molar-refractivity contribution in [1.29, 1.82) is 0 Å². The van der Waals surface area contributed by atoms with Crippen LogP contribution in [0.4, 0.5) is 4.39 Å². The number of fused-ring (bicyclic) bond motifs is 1. The molecular formula is C19H18FN3O2. The summed E-state index contributed by atoms with van der Waals surface area (Å²) in [6, 6.07) is 11.2. The second-order valence-electron chi connectivity index (χ2n) is 6.33. The zero-order chi connectivity index (χ0) is 17.4. The van der Waals surface area contributed by atoms with Crippen LogP contribution in [0, 0.1) is 5.82 Å². The summed E-state index contributed by atoms with van der Waals surface area (Å²) < 4.78 is 14.9. The van der Waals surface area contributed by atoms with Gasteiger partial charge in [-0.1, -0.05) is 18.2 Å². The topological polar surface area (TPSA) is 66.6 Å². The third-order valence-electron chi connectivity index (χ3n) is 4.44. The first-order valence-corrected chi connectivity index (χ1v) is 8.32. The summed E-state index contributed by atoms with van der Waals surface area (Å²) in [6.45, 7) is 0.0368. The lowest BCUT2D eigenvalue weighted by Gasteiger charge is -2.11. The molecule has 1 aliphatic carbocycles. The van der Waals surface area contributed by atoms with Crippen molar-refractivity contribution in [2.75, 3.05) is 6.54 Å². The maximum Gasteiger partial charge on any atom is 0.272 e. The van der Waals surface area contributed by atoms with Crippen molar-refractivity contribution in [1.82, 2.24) is 14.7 Å². The van der Waals surface area contributed by atoms with Crippen LogP contribution in [-0.2, 0) is 0 Å². The van der Waals surface area contributed by atoms with Crippen LogP contribution in [0.15, 0.2) is 48.7 Å². The van der Waals surface area contributed by atoms with Crippen molar-refractivity contribution in [3.8, 4) is 0 Å². The molecule has 3 aromatic rings. The number of carbonyl (C=O) groups is 1. The number of benzene rings is 1. The molecular weight excluding hydrogens is 321 g/mol. The van der Waals surface area contributed by atoms with Crippen molar-refractivity contribution in [3.63, 3.8) is 0 Å². The molecule has 1 unspecified atom stereocenters. The minimum Gasteiger partial charge on any atom is -0.387 e. The lowest BCUT2D eigenvalue weighted by atomic mass is 10.1. The van der Waals surface area contributed by atoms with Gasteiger partial charge in [0.2, 0.25) is 0 Å². The van der Waals surface area contributed by atoms with Crippen LogP contribution in [-0.4, -0.2) is 26.9 Å². The number of halogens is 1. The third kappa shape index (κ3) is 3.13. The van der Waals surface area contributed by atoms with Gasteiger partial charge in [0.15, 0.2) is 5.69 Å². The van der Waals surface area contributed by atoms with Gasteiger partial charge in [-0.3, -0.25) is 4.79 Å². The number of carbonyl (C=O) groups excluding carboxylic acids is 1. The summed E-state index contributed by atoms with van der Waals surface area (Å²) >= 11 is 0. The van der Waals surface area contributed by atoms with Crippen molar-refractivity contribution in [2.45, 2.75) is 24.9 Å². The van der Waals surface area contributed by atoms with E-state index in [1.54, 1.807) is 0 Å². The number of aliphatic hydroxyl groups excluding tert-OH is 1. The van der Waals surface area contributed by atoms with Crippen molar-refractivity contribution in [2.24, 2.45) is 0 Å². The van der Waals surface area contributed by atoms with Crippen LogP contribution in [0.3, 0.4) is 0 Å². The van der Waals surface area contributed by atoms with E-state index >= 15 is 0 Å². The average molecular weight is 339 g/mol. The Hall–Kier alpha value is -2.73. The maximum absolute atomic E-state index is 12.9. The van der Waals surface area contributed by atoms with E-state index in [0.29, 0.717) is 17.2 Å². The van der Waals surface area contributed by atoms with Gasteiger partial charge in [0.25, 0.3) is 5.91 Å². The zero-order valence-electron chi connectivity index (χ0n) is 13.5. The van der Waals surface area contributed by atoms with E-state index in [1.165, 1.54) is 24.3 Å². The van der Waals surface area contributed by atoms with Crippen LogP contribution in [0.25, 0.3) is 5.52 Å². The number of imidazole rings is 1. The molecule has 128 valence electrons. The Morgan fingerprint density at radius 2 is 2.04 bits per heavy atom. The van der Waals surface area contributed by atoms with Gasteiger partial charge in [0.05, 0.1) is 11.6 Å². The SMILES string of the molecule is O=C(NCC(O)c1ccc(F)cc1)c1nc(C2CC2)n2ccccc12. The highest BCUT2D eigenvalue weighted by atomic mass is 19.1. The maximum atomic E-state index is 12.9. The highest BCUT2D eigenvalue weighted by molar-refractivity contribution is 5.99. The van der Waals surface area contributed by atoms with Crippen molar-refractivity contribution < 1.29 is 14.3 Å². The Labute approximate surface area is 144 Å². The van der Waals surface area contributed by atoms with E-state index in [4.69, 9.17) is 0 Å². The number of hydrogen-bond acceptors (Lipinski definition) is 3. The quantitative estimate of drug-likeness (QED) is 0.751. The van der Waals surface area contributed by atoms with Gasteiger partial charge in [-0.25, -0.2) is 9.37 Å². The first-order chi connectivity index (χ1) is 12.1. The summed E-state index contributed by atoms with van der Waals surface area (Å²) in [5.74, 6) is 0.648. The number of rotatable bonds is 5. The lowest BCUT2D eigenvalue weighted by Crippen LogP contribution is -2.28. The molecule has 1 amide bonds. The largest absolute Gasteiger partial charge is 0.387 e. The van der Waals surface area contributed by atoms with Crippen LogP contribution in [0.5, 0.6) is 0 Å². The molecule has 1 aromatic carbocycles. The molecule has 0 bridgehead atoms.